The Bertz CT molecular complexity index is 800. The first kappa shape index (κ1) is 16.8. The van der Waals surface area contributed by atoms with Gasteiger partial charge in [0.05, 0.1) is 24.2 Å². The molecule has 3 N–H and O–H groups in total. The molecule has 0 bridgehead atoms. The molecule has 0 aliphatic rings. The van der Waals surface area contributed by atoms with Crippen molar-refractivity contribution in [2.24, 2.45) is 10.7 Å². The van der Waals surface area contributed by atoms with Gasteiger partial charge in [0.25, 0.3) is 0 Å². The second-order valence-corrected chi connectivity index (χ2v) is 6.96. The lowest BCUT2D eigenvalue weighted by Crippen LogP contribution is -2.22. The Balaban J connectivity index is 2.05. The molecule has 0 spiro atoms. The fourth-order valence-corrected chi connectivity index (χ4v) is 2.57. The Morgan fingerprint density at radius 3 is 2.43 bits per heavy atom. The van der Waals surface area contributed by atoms with E-state index in [9.17, 15) is 8.42 Å². The van der Waals surface area contributed by atoms with E-state index in [0.717, 1.165) is 11.3 Å². The zero-order valence-electron chi connectivity index (χ0n) is 13.0. The first-order valence-corrected chi connectivity index (χ1v) is 8.78. The van der Waals surface area contributed by atoms with Gasteiger partial charge in [-0.3, -0.25) is 0 Å². The molecule has 0 aliphatic heterocycles. The van der Waals surface area contributed by atoms with Gasteiger partial charge in [0.15, 0.2) is 15.8 Å². The summed E-state index contributed by atoms with van der Waals surface area (Å²) >= 11 is 0. The van der Waals surface area contributed by atoms with Gasteiger partial charge in [0, 0.05) is 6.26 Å². The van der Waals surface area contributed by atoms with E-state index in [2.05, 4.69) is 10.3 Å². The van der Waals surface area contributed by atoms with Crippen LogP contribution in [0.5, 0.6) is 5.75 Å². The van der Waals surface area contributed by atoms with Gasteiger partial charge < -0.3 is 15.8 Å². The van der Waals surface area contributed by atoms with Crippen molar-refractivity contribution in [3.8, 4) is 5.75 Å². The maximum Gasteiger partial charge on any atom is 0.193 e. The van der Waals surface area contributed by atoms with E-state index in [1.54, 1.807) is 31.4 Å². The minimum atomic E-state index is -3.19. The summed E-state index contributed by atoms with van der Waals surface area (Å²) in [6.07, 6.45) is 1.18. The fourth-order valence-electron chi connectivity index (χ4n) is 1.94. The van der Waals surface area contributed by atoms with Crippen LogP contribution in [0.3, 0.4) is 0 Å². The van der Waals surface area contributed by atoms with E-state index in [4.69, 9.17) is 10.5 Å². The summed E-state index contributed by atoms with van der Waals surface area (Å²) in [4.78, 5) is 4.52. The standard InChI is InChI=1S/C16H19N3O3S/c1-22-15-6-4-3-5-14(15)19-16(17)18-11-12-7-9-13(10-8-12)23(2,20)21/h3-10H,11H2,1-2H3,(H3,17,18,19). The molecule has 0 fully saturated rings. The Morgan fingerprint density at radius 2 is 1.83 bits per heavy atom. The number of rotatable bonds is 5. The lowest BCUT2D eigenvalue weighted by atomic mass is 10.2. The molecule has 6 nitrogen and oxygen atoms in total. The molecule has 2 aromatic rings. The zero-order chi connectivity index (χ0) is 16.9. The summed E-state index contributed by atoms with van der Waals surface area (Å²) < 4.78 is 28.0. The third-order valence-corrected chi connectivity index (χ3v) is 4.28. The van der Waals surface area contributed by atoms with Gasteiger partial charge in [0.2, 0.25) is 0 Å². The van der Waals surface area contributed by atoms with Crippen LogP contribution in [-0.2, 0) is 16.4 Å². The quantitative estimate of drug-likeness (QED) is 0.645. The number of anilines is 1. The Kier molecular flexibility index (Phi) is 5.23. The zero-order valence-corrected chi connectivity index (χ0v) is 13.8. The van der Waals surface area contributed by atoms with Crippen molar-refractivity contribution in [1.29, 1.82) is 0 Å². The van der Waals surface area contributed by atoms with Gasteiger partial charge in [0.1, 0.15) is 5.75 Å². The highest BCUT2D eigenvalue weighted by Crippen LogP contribution is 2.22. The number of nitrogens with zero attached hydrogens (tertiary/aromatic N) is 1. The third kappa shape index (κ3) is 4.72. The van der Waals surface area contributed by atoms with Crippen LogP contribution in [-0.4, -0.2) is 27.7 Å². The number of aliphatic imine (C=N–C) groups is 1. The molecule has 0 saturated heterocycles. The highest BCUT2D eigenvalue weighted by molar-refractivity contribution is 7.90. The average molecular weight is 333 g/mol. The SMILES string of the molecule is COc1ccccc1NC(N)=NCc1ccc(S(C)(=O)=O)cc1. The first-order chi connectivity index (χ1) is 10.9. The molecule has 122 valence electrons. The predicted molar refractivity (Wildman–Crippen MR) is 91.5 cm³/mol. The molecule has 0 amide bonds. The topological polar surface area (TPSA) is 93.8 Å². The van der Waals surface area contributed by atoms with E-state index < -0.39 is 9.84 Å². The summed E-state index contributed by atoms with van der Waals surface area (Å²) in [6.45, 7) is 0.345. The molecule has 2 rings (SSSR count). The van der Waals surface area contributed by atoms with Crippen molar-refractivity contribution in [3.05, 3.63) is 54.1 Å². The number of guanidine groups is 1. The number of benzene rings is 2. The van der Waals surface area contributed by atoms with E-state index in [1.807, 2.05) is 24.3 Å². The number of nitrogens with one attached hydrogen (secondary N) is 1. The number of hydrogen-bond donors (Lipinski definition) is 2. The number of sulfone groups is 1. The highest BCUT2D eigenvalue weighted by atomic mass is 32.2. The molecular weight excluding hydrogens is 314 g/mol. The molecular formula is C16H19N3O3S. The van der Waals surface area contributed by atoms with Crippen molar-refractivity contribution >= 4 is 21.5 Å². The normalized spacial score (nSPS) is 12.0. The molecule has 7 heteroatoms. The lowest BCUT2D eigenvalue weighted by molar-refractivity contribution is 0.417. The van der Waals surface area contributed by atoms with Gasteiger partial charge in [-0.1, -0.05) is 24.3 Å². The number of methoxy groups -OCH3 is 1. The maximum atomic E-state index is 11.4. The van der Waals surface area contributed by atoms with Gasteiger partial charge in [-0.15, -0.1) is 0 Å². The molecule has 0 unspecified atom stereocenters. The summed E-state index contributed by atoms with van der Waals surface area (Å²) in [7, 11) is -1.61. The van der Waals surface area contributed by atoms with Crippen molar-refractivity contribution in [1.82, 2.24) is 0 Å². The monoisotopic (exact) mass is 333 g/mol. The van der Waals surface area contributed by atoms with Crippen LogP contribution in [0.25, 0.3) is 0 Å². The van der Waals surface area contributed by atoms with Crippen LogP contribution in [0.2, 0.25) is 0 Å². The van der Waals surface area contributed by atoms with Crippen LogP contribution in [0.15, 0.2) is 58.4 Å². The van der Waals surface area contributed by atoms with Crippen LogP contribution in [0.4, 0.5) is 5.69 Å². The first-order valence-electron chi connectivity index (χ1n) is 6.89. The third-order valence-electron chi connectivity index (χ3n) is 3.15. The smallest absolute Gasteiger partial charge is 0.193 e. The summed E-state index contributed by atoms with van der Waals surface area (Å²) in [5, 5.41) is 2.97. The molecule has 2 aromatic carbocycles. The number of ether oxygens (including phenoxy) is 1. The number of hydrogen-bond acceptors (Lipinski definition) is 4. The maximum absolute atomic E-state index is 11.4. The summed E-state index contributed by atoms with van der Waals surface area (Å²) in [5.41, 5.74) is 7.45. The van der Waals surface area contributed by atoms with Crippen molar-refractivity contribution in [3.63, 3.8) is 0 Å². The molecule has 0 aromatic heterocycles. The molecule has 0 aliphatic carbocycles. The average Bonchev–Trinajstić information content (AvgIpc) is 2.53. The summed E-state index contributed by atoms with van der Waals surface area (Å²) in [6, 6.07) is 13.9. The van der Waals surface area contributed by atoms with Crippen molar-refractivity contribution in [2.75, 3.05) is 18.7 Å². The minimum absolute atomic E-state index is 0.252. The van der Waals surface area contributed by atoms with E-state index in [-0.39, 0.29) is 10.9 Å². The Hall–Kier alpha value is -2.54. The molecule has 0 atom stereocenters. The van der Waals surface area contributed by atoms with Gasteiger partial charge >= 0.3 is 0 Å². The van der Waals surface area contributed by atoms with E-state index in [0.29, 0.717) is 12.3 Å². The molecule has 0 saturated carbocycles. The van der Waals surface area contributed by atoms with Crippen LogP contribution in [0, 0.1) is 0 Å². The van der Waals surface area contributed by atoms with Crippen molar-refractivity contribution < 1.29 is 13.2 Å². The van der Waals surface area contributed by atoms with Gasteiger partial charge in [-0.05, 0) is 29.8 Å². The van der Waals surface area contributed by atoms with E-state index in [1.165, 1.54) is 6.26 Å². The summed E-state index contributed by atoms with van der Waals surface area (Å²) in [5.74, 6) is 0.921. The number of nitrogens with two attached hydrogens (primary N) is 1. The van der Waals surface area contributed by atoms with E-state index >= 15 is 0 Å². The van der Waals surface area contributed by atoms with Gasteiger partial charge in [-0.2, -0.15) is 0 Å². The second-order valence-electron chi connectivity index (χ2n) is 4.94. The minimum Gasteiger partial charge on any atom is -0.495 e. The fraction of sp³-hybridized carbons (Fsp3) is 0.188. The Labute approximate surface area is 135 Å². The van der Waals surface area contributed by atoms with Crippen molar-refractivity contribution in [2.45, 2.75) is 11.4 Å². The predicted octanol–water partition coefficient (Wildman–Crippen LogP) is 2.03. The largest absolute Gasteiger partial charge is 0.495 e. The van der Waals surface area contributed by atoms with Crippen LogP contribution < -0.4 is 15.8 Å². The van der Waals surface area contributed by atoms with Crippen LogP contribution in [0.1, 0.15) is 5.56 Å². The molecule has 23 heavy (non-hydrogen) atoms. The molecule has 0 heterocycles. The lowest BCUT2D eigenvalue weighted by Gasteiger charge is -2.10. The molecule has 0 radical (unpaired) electrons. The van der Waals surface area contributed by atoms with Gasteiger partial charge in [-0.25, -0.2) is 13.4 Å². The second kappa shape index (κ2) is 7.15. The highest BCUT2D eigenvalue weighted by Gasteiger charge is 2.06. The Morgan fingerprint density at radius 1 is 1.17 bits per heavy atom. The number of para-hydroxylation sites is 2. The van der Waals surface area contributed by atoms with Crippen LogP contribution >= 0.6 is 0 Å².